The standard InChI is InChI=1S/C37H64N4O15/c1-24(42)21-55-18-16-53-15-13-39-37(8,9)28(44)22-56-19-17-54-14-12-38-36(6,7)27(43)11-10-25(30(47)48)40-32(51)34(2,3)23-35(4,5)33(52)41-26(31(49)50)20-29(45)46/h25-26,38-39H,10-23H2,1-9H3,(H,40,51)(H,41,52)(H,45,46)(H,47,48)(H,49,50). The Morgan fingerprint density at radius 2 is 0.964 bits per heavy atom. The third kappa shape index (κ3) is 21.4. The third-order valence-corrected chi connectivity index (χ3v) is 8.66. The molecule has 0 aromatic rings. The molecule has 0 aromatic heterocycles. The normalized spacial score (nSPS) is 13.4. The van der Waals surface area contributed by atoms with E-state index in [1.165, 1.54) is 34.6 Å². The molecular formula is C37H64N4O15. The molecule has 0 aliphatic heterocycles. The minimum atomic E-state index is -1.68. The number of carboxylic acid groups (broad SMARTS) is 3. The summed E-state index contributed by atoms with van der Waals surface area (Å²) in [6, 6.07) is -3.11. The largest absolute Gasteiger partial charge is 0.481 e. The second kappa shape index (κ2) is 24.7. The maximum atomic E-state index is 13.2. The molecule has 0 radical (unpaired) electrons. The van der Waals surface area contributed by atoms with Gasteiger partial charge in [0.1, 0.15) is 25.3 Å². The molecule has 0 aliphatic rings. The van der Waals surface area contributed by atoms with Crippen LogP contribution in [0.15, 0.2) is 0 Å². The van der Waals surface area contributed by atoms with Crippen LogP contribution in [0.4, 0.5) is 0 Å². The first-order valence-electron chi connectivity index (χ1n) is 18.4. The van der Waals surface area contributed by atoms with Crippen molar-refractivity contribution in [2.75, 3.05) is 65.9 Å². The average Bonchev–Trinajstić information content (AvgIpc) is 3.06. The van der Waals surface area contributed by atoms with Crippen LogP contribution in [0.3, 0.4) is 0 Å². The number of nitrogens with one attached hydrogen (secondary N) is 4. The lowest BCUT2D eigenvalue weighted by molar-refractivity contribution is -0.149. The van der Waals surface area contributed by atoms with Crippen molar-refractivity contribution in [3.05, 3.63) is 0 Å². The van der Waals surface area contributed by atoms with Gasteiger partial charge in [0.2, 0.25) is 11.8 Å². The Kier molecular flexibility index (Phi) is 23.0. The summed E-state index contributed by atoms with van der Waals surface area (Å²) in [5.41, 5.74) is -4.58. The lowest BCUT2D eigenvalue weighted by Gasteiger charge is -2.34. The van der Waals surface area contributed by atoms with Crippen LogP contribution in [0, 0.1) is 10.8 Å². The Bertz CT molecular complexity index is 1350. The number of amides is 2. The first-order valence-corrected chi connectivity index (χ1v) is 18.4. The Hall–Kier alpha value is -3.88. The molecule has 0 aromatic carbocycles. The van der Waals surface area contributed by atoms with Crippen LogP contribution in [0.2, 0.25) is 0 Å². The summed E-state index contributed by atoms with van der Waals surface area (Å²) < 4.78 is 21.5. The summed E-state index contributed by atoms with van der Waals surface area (Å²) in [6.45, 7) is 16.2. The van der Waals surface area contributed by atoms with Gasteiger partial charge in [-0.25, -0.2) is 9.59 Å². The van der Waals surface area contributed by atoms with E-state index in [1.807, 2.05) is 0 Å². The monoisotopic (exact) mass is 804 g/mol. The summed E-state index contributed by atoms with van der Waals surface area (Å²) in [5.74, 6) is -6.37. The molecular weight excluding hydrogens is 740 g/mol. The van der Waals surface area contributed by atoms with Gasteiger partial charge in [-0.2, -0.15) is 0 Å². The van der Waals surface area contributed by atoms with Gasteiger partial charge in [0, 0.05) is 30.3 Å². The molecule has 0 saturated heterocycles. The Morgan fingerprint density at radius 1 is 0.554 bits per heavy atom. The van der Waals surface area contributed by atoms with Gasteiger partial charge in [0.25, 0.3) is 0 Å². The molecule has 0 fully saturated rings. The molecule has 2 amide bonds. The van der Waals surface area contributed by atoms with E-state index >= 15 is 0 Å². The van der Waals surface area contributed by atoms with E-state index in [-0.39, 0.29) is 76.2 Å². The average molecular weight is 805 g/mol. The van der Waals surface area contributed by atoms with Crippen molar-refractivity contribution in [2.24, 2.45) is 10.8 Å². The van der Waals surface area contributed by atoms with Crippen molar-refractivity contribution >= 4 is 47.1 Å². The van der Waals surface area contributed by atoms with Gasteiger partial charge in [0.15, 0.2) is 17.3 Å². The number of ether oxygens (including phenoxy) is 4. The lowest BCUT2D eigenvalue weighted by Crippen LogP contribution is -2.52. The molecule has 322 valence electrons. The minimum absolute atomic E-state index is 0.0481. The van der Waals surface area contributed by atoms with Crippen molar-refractivity contribution in [3.63, 3.8) is 0 Å². The highest BCUT2D eigenvalue weighted by Gasteiger charge is 2.41. The fraction of sp³-hybridized carbons (Fsp3) is 0.784. The predicted molar refractivity (Wildman–Crippen MR) is 201 cm³/mol. The van der Waals surface area contributed by atoms with Crippen LogP contribution in [0.25, 0.3) is 0 Å². The second-order valence-electron chi connectivity index (χ2n) is 15.8. The van der Waals surface area contributed by atoms with E-state index in [1.54, 1.807) is 27.7 Å². The highest BCUT2D eigenvalue weighted by molar-refractivity contribution is 5.92. The van der Waals surface area contributed by atoms with E-state index in [0.717, 1.165) is 0 Å². The molecule has 19 heteroatoms. The molecule has 0 spiro atoms. The van der Waals surface area contributed by atoms with Crippen LogP contribution in [-0.4, -0.2) is 151 Å². The van der Waals surface area contributed by atoms with Crippen molar-refractivity contribution in [3.8, 4) is 0 Å². The highest BCUT2D eigenvalue weighted by Crippen LogP contribution is 2.34. The molecule has 56 heavy (non-hydrogen) atoms. The molecule has 7 N–H and O–H groups in total. The van der Waals surface area contributed by atoms with E-state index in [2.05, 4.69) is 21.3 Å². The van der Waals surface area contributed by atoms with Crippen LogP contribution in [0.1, 0.15) is 88.0 Å². The fourth-order valence-corrected chi connectivity index (χ4v) is 5.26. The first kappa shape index (κ1) is 52.1. The van der Waals surface area contributed by atoms with E-state index in [9.17, 15) is 48.6 Å². The number of carbonyl (C=O) groups excluding carboxylic acids is 5. The van der Waals surface area contributed by atoms with Crippen LogP contribution >= 0.6 is 0 Å². The van der Waals surface area contributed by atoms with Crippen molar-refractivity contribution in [1.82, 2.24) is 21.3 Å². The van der Waals surface area contributed by atoms with E-state index in [4.69, 9.17) is 24.1 Å². The van der Waals surface area contributed by atoms with Gasteiger partial charge in [-0.3, -0.25) is 28.8 Å². The molecule has 19 nitrogen and oxygen atoms in total. The lowest BCUT2D eigenvalue weighted by atomic mass is 9.73. The molecule has 0 heterocycles. The Morgan fingerprint density at radius 3 is 1.39 bits per heavy atom. The summed E-state index contributed by atoms with van der Waals surface area (Å²) in [4.78, 5) is 96.9. The number of hydrogen-bond donors (Lipinski definition) is 7. The Labute approximate surface area is 328 Å². The van der Waals surface area contributed by atoms with Crippen molar-refractivity contribution in [1.29, 1.82) is 0 Å². The van der Waals surface area contributed by atoms with Gasteiger partial charge in [-0.1, -0.05) is 27.7 Å². The number of aliphatic carboxylic acids is 3. The van der Waals surface area contributed by atoms with Gasteiger partial charge >= 0.3 is 17.9 Å². The smallest absolute Gasteiger partial charge is 0.326 e. The van der Waals surface area contributed by atoms with Crippen LogP contribution < -0.4 is 21.3 Å². The summed E-state index contributed by atoms with van der Waals surface area (Å²) in [7, 11) is 0. The van der Waals surface area contributed by atoms with E-state index < -0.39 is 70.1 Å². The zero-order valence-electron chi connectivity index (χ0n) is 34.3. The minimum Gasteiger partial charge on any atom is -0.481 e. The summed E-state index contributed by atoms with van der Waals surface area (Å²) in [6.07, 6.45) is -1.41. The van der Waals surface area contributed by atoms with Crippen molar-refractivity contribution in [2.45, 2.75) is 111 Å². The van der Waals surface area contributed by atoms with Crippen LogP contribution in [-0.2, 0) is 57.3 Å². The highest BCUT2D eigenvalue weighted by atomic mass is 16.5. The zero-order valence-corrected chi connectivity index (χ0v) is 34.3. The van der Waals surface area contributed by atoms with Gasteiger partial charge < -0.3 is 55.5 Å². The maximum absolute atomic E-state index is 13.2. The molecule has 0 aliphatic carbocycles. The zero-order chi connectivity index (χ0) is 43.3. The summed E-state index contributed by atoms with van der Waals surface area (Å²) >= 11 is 0. The molecule has 0 rings (SSSR count). The maximum Gasteiger partial charge on any atom is 0.326 e. The quantitative estimate of drug-likeness (QED) is 0.0441. The topological polar surface area (TPSA) is 282 Å². The Balaban J connectivity index is 4.66. The molecule has 2 unspecified atom stereocenters. The molecule has 2 atom stereocenters. The number of ketones is 3. The number of carboxylic acids is 3. The SMILES string of the molecule is CC(=O)COCCOCCNC(C)(C)C(=O)COCCOCCNC(C)(C)C(=O)CCC(NC(=O)C(C)(C)CC(C)(C)C(=O)NC(CC(=O)O)C(=O)O)C(=O)O. The number of Topliss-reactive ketones (excluding diaryl/α,β-unsaturated/α-hetero) is 3. The summed E-state index contributed by atoms with van der Waals surface area (Å²) in [5, 5.41) is 38.8. The van der Waals surface area contributed by atoms with Gasteiger partial charge in [-0.05, 0) is 47.5 Å². The van der Waals surface area contributed by atoms with Crippen molar-refractivity contribution < 1.29 is 72.6 Å². The number of carbonyl (C=O) groups is 8. The van der Waals surface area contributed by atoms with Crippen LogP contribution in [0.5, 0.6) is 0 Å². The molecule has 0 bridgehead atoms. The second-order valence-corrected chi connectivity index (χ2v) is 15.8. The van der Waals surface area contributed by atoms with Gasteiger partial charge in [0.05, 0.1) is 57.1 Å². The fourth-order valence-electron chi connectivity index (χ4n) is 5.26. The third-order valence-electron chi connectivity index (χ3n) is 8.66. The van der Waals surface area contributed by atoms with E-state index in [0.29, 0.717) is 26.4 Å². The molecule has 0 saturated carbocycles. The first-order chi connectivity index (χ1) is 25.7. The predicted octanol–water partition coefficient (Wildman–Crippen LogP) is 0.353. The number of hydrogen-bond acceptors (Lipinski definition) is 14. The van der Waals surface area contributed by atoms with Gasteiger partial charge in [-0.15, -0.1) is 0 Å². The number of rotatable bonds is 33.